The molecule has 0 aliphatic rings. The molecule has 1 atom stereocenters. The number of halogens is 1. The number of benzene rings is 2. The van der Waals surface area contributed by atoms with Crippen LogP contribution in [0.3, 0.4) is 0 Å². The van der Waals surface area contributed by atoms with Crippen molar-refractivity contribution in [1.29, 1.82) is 0 Å². The van der Waals surface area contributed by atoms with Gasteiger partial charge in [0.2, 0.25) is 11.8 Å². The molecule has 0 heterocycles. The molecule has 0 aromatic heterocycles. The van der Waals surface area contributed by atoms with E-state index in [2.05, 4.69) is 5.32 Å². The first kappa shape index (κ1) is 24.3. The summed E-state index contributed by atoms with van der Waals surface area (Å²) in [6, 6.07) is 15.2. The van der Waals surface area contributed by atoms with Gasteiger partial charge in [0.15, 0.2) is 0 Å². The molecule has 0 spiro atoms. The highest BCUT2D eigenvalue weighted by atomic mass is 35.5. The second kappa shape index (κ2) is 12.0. The van der Waals surface area contributed by atoms with Gasteiger partial charge in [0.25, 0.3) is 0 Å². The third-order valence-corrected chi connectivity index (χ3v) is 6.03. The minimum Gasteiger partial charge on any atom is -0.352 e. The molecule has 0 radical (unpaired) electrons. The summed E-state index contributed by atoms with van der Waals surface area (Å²) in [5, 5.41) is 3.66. The zero-order chi connectivity index (χ0) is 22.1. The van der Waals surface area contributed by atoms with Gasteiger partial charge >= 0.3 is 0 Å². The molecule has 0 saturated heterocycles. The first-order valence-electron chi connectivity index (χ1n) is 10.3. The van der Waals surface area contributed by atoms with Gasteiger partial charge in [-0.1, -0.05) is 54.9 Å². The molecule has 2 aromatic rings. The van der Waals surface area contributed by atoms with Crippen LogP contribution in [0.5, 0.6) is 0 Å². The van der Waals surface area contributed by atoms with Crippen molar-refractivity contribution in [3.05, 3.63) is 70.2 Å². The van der Waals surface area contributed by atoms with Crippen LogP contribution in [0.2, 0.25) is 5.02 Å². The monoisotopic (exact) mass is 446 g/mol. The zero-order valence-corrected chi connectivity index (χ0v) is 19.7. The lowest BCUT2D eigenvalue weighted by Gasteiger charge is -2.31. The van der Waals surface area contributed by atoms with Crippen LogP contribution >= 0.6 is 23.4 Å². The summed E-state index contributed by atoms with van der Waals surface area (Å²) < 4.78 is 0. The standard InChI is InChI=1S/C24H31ClN2O2S/c1-5-22(24(29)26-17(2)3)27(14-20-11-7-6-9-18(20)4)23(28)16-30-15-19-10-8-12-21(25)13-19/h6-13,17,22H,5,14-16H2,1-4H3,(H,26,29)/t22-/m1/s1. The lowest BCUT2D eigenvalue weighted by molar-refractivity contribution is -0.139. The Morgan fingerprint density at radius 3 is 2.50 bits per heavy atom. The molecule has 6 heteroatoms. The summed E-state index contributed by atoms with van der Waals surface area (Å²) in [6.45, 7) is 8.26. The fourth-order valence-electron chi connectivity index (χ4n) is 3.24. The summed E-state index contributed by atoms with van der Waals surface area (Å²) in [4.78, 5) is 27.7. The van der Waals surface area contributed by atoms with Crippen LogP contribution in [0.15, 0.2) is 48.5 Å². The smallest absolute Gasteiger partial charge is 0.243 e. The summed E-state index contributed by atoms with van der Waals surface area (Å²) in [7, 11) is 0. The van der Waals surface area contributed by atoms with E-state index >= 15 is 0 Å². The normalized spacial score (nSPS) is 11.9. The van der Waals surface area contributed by atoms with Crippen LogP contribution in [0.4, 0.5) is 0 Å². The Hall–Kier alpha value is -1.98. The molecule has 0 bridgehead atoms. The maximum absolute atomic E-state index is 13.2. The Morgan fingerprint density at radius 1 is 1.13 bits per heavy atom. The van der Waals surface area contributed by atoms with Crippen LogP contribution in [0.25, 0.3) is 0 Å². The van der Waals surface area contributed by atoms with Crippen molar-refractivity contribution in [2.24, 2.45) is 0 Å². The molecule has 2 rings (SSSR count). The van der Waals surface area contributed by atoms with Crippen molar-refractivity contribution in [1.82, 2.24) is 10.2 Å². The van der Waals surface area contributed by atoms with E-state index in [9.17, 15) is 9.59 Å². The lowest BCUT2D eigenvalue weighted by atomic mass is 10.1. The Kier molecular flexibility index (Phi) is 9.73. The molecule has 30 heavy (non-hydrogen) atoms. The van der Waals surface area contributed by atoms with Gasteiger partial charge in [0, 0.05) is 23.4 Å². The van der Waals surface area contributed by atoms with Gasteiger partial charge in [-0.2, -0.15) is 0 Å². The van der Waals surface area contributed by atoms with Gasteiger partial charge in [-0.25, -0.2) is 0 Å². The van der Waals surface area contributed by atoms with Gasteiger partial charge < -0.3 is 10.2 Å². The van der Waals surface area contributed by atoms with E-state index in [0.717, 1.165) is 16.7 Å². The SMILES string of the molecule is CC[C@H](C(=O)NC(C)C)N(Cc1ccccc1C)C(=O)CSCc1cccc(Cl)c1. The Labute approximate surface area is 189 Å². The fraction of sp³-hybridized carbons (Fsp3) is 0.417. The second-order valence-corrected chi connectivity index (χ2v) is 9.08. The van der Waals surface area contributed by atoms with Crippen molar-refractivity contribution >= 4 is 35.2 Å². The minimum absolute atomic E-state index is 0.0270. The van der Waals surface area contributed by atoms with Crippen molar-refractivity contribution in [3.63, 3.8) is 0 Å². The zero-order valence-electron chi connectivity index (χ0n) is 18.2. The van der Waals surface area contributed by atoms with E-state index in [1.807, 2.05) is 76.2 Å². The molecule has 1 N–H and O–H groups in total. The molecule has 0 saturated carbocycles. The predicted octanol–water partition coefficient (Wildman–Crippen LogP) is 5.21. The van der Waals surface area contributed by atoms with E-state index in [1.165, 1.54) is 11.8 Å². The number of carbonyl (C=O) groups excluding carboxylic acids is 2. The van der Waals surface area contributed by atoms with E-state index in [4.69, 9.17) is 11.6 Å². The molecule has 0 aliphatic carbocycles. The molecular weight excluding hydrogens is 416 g/mol. The van der Waals surface area contributed by atoms with E-state index < -0.39 is 6.04 Å². The average Bonchev–Trinajstić information content (AvgIpc) is 2.68. The minimum atomic E-state index is -0.494. The summed E-state index contributed by atoms with van der Waals surface area (Å²) in [5.41, 5.74) is 3.25. The number of carbonyl (C=O) groups is 2. The average molecular weight is 447 g/mol. The van der Waals surface area contributed by atoms with E-state index in [-0.39, 0.29) is 17.9 Å². The first-order valence-corrected chi connectivity index (χ1v) is 11.8. The fourth-order valence-corrected chi connectivity index (χ4v) is 4.31. The van der Waals surface area contributed by atoms with Crippen molar-refractivity contribution in [3.8, 4) is 0 Å². The predicted molar refractivity (Wildman–Crippen MR) is 127 cm³/mol. The van der Waals surface area contributed by atoms with Crippen molar-refractivity contribution in [2.75, 3.05) is 5.75 Å². The summed E-state index contributed by atoms with van der Waals surface area (Å²) in [6.07, 6.45) is 0.565. The molecule has 0 fully saturated rings. The molecule has 2 amide bonds. The van der Waals surface area contributed by atoms with Gasteiger partial charge in [-0.05, 0) is 56.0 Å². The van der Waals surface area contributed by atoms with E-state index in [1.54, 1.807) is 4.90 Å². The quantitative estimate of drug-likeness (QED) is 0.544. The summed E-state index contributed by atoms with van der Waals surface area (Å²) >= 11 is 7.59. The van der Waals surface area contributed by atoms with Crippen molar-refractivity contribution < 1.29 is 9.59 Å². The van der Waals surface area contributed by atoms with Crippen LogP contribution in [-0.2, 0) is 21.9 Å². The maximum Gasteiger partial charge on any atom is 0.243 e. The number of thioether (sulfide) groups is 1. The molecule has 0 aliphatic heterocycles. The number of aryl methyl sites for hydroxylation is 1. The third-order valence-electron chi connectivity index (χ3n) is 4.80. The first-order chi connectivity index (χ1) is 14.3. The lowest BCUT2D eigenvalue weighted by Crippen LogP contribution is -2.51. The summed E-state index contributed by atoms with van der Waals surface area (Å²) in [5.74, 6) is 0.869. The number of nitrogens with zero attached hydrogens (tertiary/aromatic N) is 1. The molecular formula is C24H31ClN2O2S. The third kappa shape index (κ3) is 7.37. The second-order valence-electron chi connectivity index (χ2n) is 7.66. The van der Waals surface area contributed by atoms with Gasteiger partial charge in [0.05, 0.1) is 5.75 Å². The van der Waals surface area contributed by atoms with Crippen molar-refractivity contribution in [2.45, 2.75) is 58.5 Å². The van der Waals surface area contributed by atoms with Crippen LogP contribution in [0, 0.1) is 6.92 Å². The van der Waals surface area contributed by atoms with Gasteiger partial charge in [0.1, 0.15) is 6.04 Å². The Balaban J connectivity index is 2.15. The maximum atomic E-state index is 13.2. The molecule has 4 nitrogen and oxygen atoms in total. The van der Waals surface area contributed by atoms with E-state index in [0.29, 0.717) is 29.5 Å². The largest absolute Gasteiger partial charge is 0.352 e. The van der Waals surface area contributed by atoms with Crippen LogP contribution in [0.1, 0.15) is 43.9 Å². The van der Waals surface area contributed by atoms with Crippen LogP contribution in [-0.4, -0.2) is 34.6 Å². The number of hydrogen-bond acceptors (Lipinski definition) is 3. The number of amides is 2. The number of nitrogens with one attached hydrogen (secondary N) is 1. The molecule has 162 valence electrons. The number of rotatable bonds is 10. The van der Waals surface area contributed by atoms with Gasteiger partial charge in [-0.15, -0.1) is 11.8 Å². The Bertz CT molecular complexity index is 857. The topological polar surface area (TPSA) is 49.4 Å². The highest BCUT2D eigenvalue weighted by Gasteiger charge is 2.29. The highest BCUT2D eigenvalue weighted by molar-refractivity contribution is 7.99. The molecule has 2 aromatic carbocycles. The molecule has 0 unspecified atom stereocenters. The van der Waals surface area contributed by atoms with Gasteiger partial charge in [-0.3, -0.25) is 9.59 Å². The Morgan fingerprint density at radius 2 is 1.87 bits per heavy atom. The highest BCUT2D eigenvalue weighted by Crippen LogP contribution is 2.20. The number of hydrogen-bond donors (Lipinski definition) is 1. The van der Waals surface area contributed by atoms with Crippen LogP contribution < -0.4 is 5.32 Å².